The van der Waals surface area contributed by atoms with Gasteiger partial charge in [-0.05, 0) is 43.0 Å². The number of benzene rings is 1. The molecule has 1 aromatic carbocycles. The molecule has 1 amide bonds. The third-order valence-electron chi connectivity index (χ3n) is 5.07. The monoisotopic (exact) mass is 424 g/mol. The van der Waals surface area contributed by atoms with Crippen molar-refractivity contribution in [2.24, 2.45) is 0 Å². The van der Waals surface area contributed by atoms with Gasteiger partial charge in [-0.25, -0.2) is 8.42 Å². The highest BCUT2D eigenvalue weighted by Gasteiger charge is 2.35. The molecule has 0 radical (unpaired) electrons. The number of nitrogens with zero attached hydrogens (tertiary/aromatic N) is 1. The van der Waals surface area contributed by atoms with E-state index in [9.17, 15) is 13.2 Å². The number of piperazine rings is 1. The highest BCUT2D eigenvalue weighted by molar-refractivity contribution is 7.91. The van der Waals surface area contributed by atoms with Crippen LogP contribution in [0.2, 0.25) is 0 Å². The van der Waals surface area contributed by atoms with Gasteiger partial charge in [-0.15, -0.1) is 11.3 Å². The van der Waals surface area contributed by atoms with Crippen LogP contribution in [0, 0.1) is 6.92 Å². The molecule has 1 aliphatic rings. The van der Waals surface area contributed by atoms with Crippen LogP contribution >= 0.6 is 11.3 Å². The fourth-order valence-electron chi connectivity index (χ4n) is 3.33. The highest BCUT2D eigenvalue weighted by atomic mass is 32.2. The van der Waals surface area contributed by atoms with E-state index in [0.29, 0.717) is 41.8 Å². The van der Waals surface area contributed by atoms with E-state index in [0.717, 1.165) is 10.5 Å². The van der Waals surface area contributed by atoms with Crippen LogP contribution in [0.4, 0.5) is 5.69 Å². The van der Waals surface area contributed by atoms with Crippen molar-refractivity contribution < 1.29 is 22.8 Å². The van der Waals surface area contributed by atoms with E-state index < -0.39 is 10.0 Å². The molecular formula is C19H26N3O4S2+. The molecule has 0 saturated carbocycles. The molecule has 9 heteroatoms. The molecular weight excluding hydrogens is 398 g/mol. The number of anilines is 1. The van der Waals surface area contributed by atoms with Crippen LogP contribution < -0.4 is 15.0 Å². The molecule has 0 unspecified atom stereocenters. The molecule has 0 bridgehead atoms. The van der Waals surface area contributed by atoms with Crippen molar-refractivity contribution in [3.63, 3.8) is 0 Å². The Balaban J connectivity index is 1.61. The van der Waals surface area contributed by atoms with E-state index in [2.05, 4.69) is 5.32 Å². The molecule has 0 aliphatic carbocycles. The second-order valence-corrected chi connectivity index (χ2v) is 10.0. The molecule has 0 spiro atoms. The average Bonchev–Trinajstić information content (AvgIpc) is 3.23. The maximum absolute atomic E-state index is 12.7. The minimum Gasteiger partial charge on any atom is -0.495 e. The van der Waals surface area contributed by atoms with Crippen LogP contribution in [-0.4, -0.2) is 58.0 Å². The molecule has 7 nitrogen and oxygen atoms in total. The number of rotatable bonds is 6. The number of aryl methyl sites for hydroxylation is 1. The Hall–Kier alpha value is -1.94. The molecule has 1 fully saturated rings. The number of hydrogen-bond acceptors (Lipinski definition) is 5. The van der Waals surface area contributed by atoms with E-state index in [4.69, 9.17) is 4.74 Å². The fourth-order valence-corrected chi connectivity index (χ4v) is 5.92. The van der Waals surface area contributed by atoms with Gasteiger partial charge in [-0.3, -0.25) is 4.79 Å². The minimum absolute atomic E-state index is 0.103. The van der Waals surface area contributed by atoms with Crippen LogP contribution in [0.1, 0.15) is 12.5 Å². The van der Waals surface area contributed by atoms with Crippen LogP contribution in [0.25, 0.3) is 0 Å². The van der Waals surface area contributed by atoms with Crippen molar-refractivity contribution in [2.45, 2.75) is 24.1 Å². The van der Waals surface area contributed by atoms with E-state index >= 15 is 0 Å². The topological polar surface area (TPSA) is 80.2 Å². The first-order chi connectivity index (χ1) is 13.3. The Morgan fingerprint density at radius 3 is 2.61 bits per heavy atom. The van der Waals surface area contributed by atoms with Gasteiger partial charge in [0.2, 0.25) is 0 Å². The van der Waals surface area contributed by atoms with Crippen LogP contribution in [0.5, 0.6) is 5.75 Å². The number of ether oxygens (including phenoxy) is 1. The van der Waals surface area contributed by atoms with Gasteiger partial charge in [0.15, 0.2) is 6.04 Å². The van der Waals surface area contributed by atoms with E-state index in [1.807, 2.05) is 32.0 Å². The second kappa shape index (κ2) is 8.60. The van der Waals surface area contributed by atoms with Crippen molar-refractivity contribution in [1.82, 2.24) is 4.31 Å². The normalized spacial score (nSPS) is 17.2. The van der Waals surface area contributed by atoms with Gasteiger partial charge in [0, 0.05) is 0 Å². The van der Waals surface area contributed by atoms with Gasteiger partial charge >= 0.3 is 0 Å². The van der Waals surface area contributed by atoms with Crippen molar-refractivity contribution in [1.29, 1.82) is 0 Å². The third-order valence-corrected chi connectivity index (χ3v) is 8.34. The van der Waals surface area contributed by atoms with Gasteiger partial charge in [0.25, 0.3) is 15.9 Å². The summed E-state index contributed by atoms with van der Waals surface area (Å²) in [5.74, 6) is 0.515. The molecule has 1 aliphatic heterocycles. The lowest BCUT2D eigenvalue weighted by molar-refractivity contribution is -0.917. The Bertz CT molecular complexity index is 921. The predicted octanol–water partition coefficient (Wildman–Crippen LogP) is 0.982. The number of thiophene rings is 1. The Labute approximate surface area is 170 Å². The lowest BCUT2D eigenvalue weighted by atomic mass is 10.2. The zero-order valence-corrected chi connectivity index (χ0v) is 17.9. The summed E-state index contributed by atoms with van der Waals surface area (Å²) in [5, 5.41) is 4.71. The third kappa shape index (κ3) is 4.38. The number of nitrogens with one attached hydrogen (secondary N) is 2. The quantitative estimate of drug-likeness (QED) is 0.725. The summed E-state index contributed by atoms with van der Waals surface area (Å²) in [5.41, 5.74) is 1.68. The van der Waals surface area contributed by atoms with Crippen molar-refractivity contribution in [2.75, 3.05) is 38.6 Å². The zero-order valence-electron chi connectivity index (χ0n) is 16.3. The summed E-state index contributed by atoms with van der Waals surface area (Å²) >= 11 is 1.23. The average molecular weight is 425 g/mol. The molecule has 3 rings (SSSR count). The first-order valence-electron chi connectivity index (χ1n) is 9.16. The maximum atomic E-state index is 12.7. The zero-order chi connectivity index (χ0) is 20.3. The summed E-state index contributed by atoms with van der Waals surface area (Å²) < 4.78 is 32.5. The lowest BCUT2D eigenvalue weighted by Gasteiger charge is -2.34. The largest absolute Gasteiger partial charge is 0.495 e. The number of quaternary nitrogens is 1. The first kappa shape index (κ1) is 20.8. The summed E-state index contributed by atoms with van der Waals surface area (Å²) in [7, 11) is -1.86. The number of methoxy groups -OCH3 is 1. The van der Waals surface area contributed by atoms with Gasteiger partial charge in [-0.2, -0.15) is 4.31 Å². The number of amides is 1. The van der Waals surface area contributed by atoms with Gasteiger partial charge in [-0.1, -0.05) is 12.1 Å². The SMILES string of the molecule is COc1ccc(C)cc1NC(=O)[C@H](C)[NH+]1CCN(S(=O)(=O)c2cccs2)CC1. The summed E-state index contributed by atoms with van der Waals surface area (Å²) in [6.45, 7) is 5.81. The Morgan fingerprint density at radius 2 is 2.00 bits per heavy atom. The minimum atomic E-state index is -3.43. The molecule has 2 heterocycles. The van der Waals surface area contributed by atoms with Crippen LogP contribution in [0.3, 0.4) is 0 Å². The second-order valence-electron chi connectivity index (χ2n) is 6.91. The smallest absolute Gasteiger partial charge is 0.282 e. The Morgan fingerprint density at radius 1 is 1.29 bits per heavy atom. The molecule has 28 heavy (non-hydrogen) atoms. The summed E-state index contributed by atoms with van der Waals surface area (Å²) in [6.07, 6.45) is 0. The molecule has 2 aromatic rings. The standard InChI is InChI=1S/C19H25N3O4S2/c1-14-6-7-17(26-3)16(13-14)20-19(23)15(2)21-8-10-22(11-9-21)28(24,25)18-5-4-12-27-18/h4-7,12-13,15H,8-11H2,1-3H3,(H,20,23)/p+1/t15-/m0/s1. The Kier molecular flexibility index (Phi) is 6.39. The number of sulfonamides is 1. The van der Waals surface area contributed by atoms with Gasteiger partial charge in [0.1, 0.15) is 9.96 Å². The van der Waals surface area contributed by atoms with Crippen molar-refractivity contribution in [3.8, 4) is 5.75 Å². The van der Waals surface area contributed by atoms with Crippen LogP contribution in [0.15, 0.2) is 39.9 Å². The summed E-state index contributed by atoms with van der Waals surface area (Å²) in [6, 6.07) is 8.71. The van der Waals surface area contributed by atoms with E-state index in [1.54, 1.807) is 24.6 Å². The number of hydrogen-bond donors (Lipinski definition) is 2. The van der Waals surface area contributed by atoms with E-state index in [1.165, 1.54) is 15.6 Å². The number of carbonyl (C=O) groups is 1. The molecule has 1 atom stereocenters. The molecule has 152 valence electrons. The van der Waals surface area contributed by atoms with Crippen molar-refractivity contribution >= 4 is 33.0 Å². The molecule has 1 aromatic heterocycles. The van der Waals surface area contributed by atoms with Gasteiger partial charge in [0.05, 0.1) is 39.0 Å². The number of carbonyl (C=O) groups excluding carboxylic acids is 1. The predicted molar refractivity (Wildman–Crippen MR) is 110 cm³/mol. The van der Waals surface area contributed by atoms with Crippen LogP contribution in [-0.2, 0) is 14.8 Å². The van der Waals surface area contributed by atoms with E-state index in [-0.39, 0.29) is 11.9 Å². The summed E-state index contributed by atoms with van der Waals surface area (Å²) in [4.78, 5) is 13.8. The maximum Gasteiger partial charge on any atom is 0.282 e. The highest BCUT2D eigenvalue weighted by Crippen LogP contribution is 2.25. The first-order valence-corrected chi connectivity index (χ1v) is 11.5. The molecule has 1 saturated heterocycles. The van der Waals surface area contributed by atoms with Gasteiger partial charge < -0.3 is 15.0 Å². The fraction of sp³-hybridized carbons (Fsp3) is 0.421. The van der Waals surface area contributed by atoms with Crippen molar-refractivity contribution in [3.05, 3.63) is 41.3 Å². The lowest BCUT2D eigenvalue weighted by Crippen LogP contribution is -3.19. The molecule has 2 N–H and O–H groups in total.